The van der Waals surface area contributed by atoms with Crippen molar-refractivity contribution in [1.82, 2.24) is 5.16 Å². The van der Waals surface area contributed by atoms with Crippen LogP contribution in [0.25, 0.3) is 0 Å². The Morgan fingerprint density at radius 1 is 1.25 bits per heavy atom. The number of terminal acetylenes is 1. The first-order valence-electron chi connectivity index (χ1n) is 7.55. The maximum Gasteiger partial charge on any atom is 0.244 e. The molecule has 0 aromatic carbocycles. The molecule has 0 aliphatic carbocycles. The molecule has 1 aromatic rings. The van der Waals surface area contributed by atoms with Crippen LogP contribution in [0.4, 0.5) is 5.88 Å². The molecule has 0 saturated carbocycles. The molecular weight excluding hydrogens is 272 g/mol. The van der Waals surface area contributed by atoms with E-state index in [2.05, 4.69) is 23.3 Å². The minimum absolute atomic E-state index is 0.119. The molecule has 0 radical (unpaired) electrons. The third kappa shape index (κ3) is 5.88. The zero-order valence-electron chi connectivity index (χ0n) is 12.5. The molecule has 3 nitrogen and oxygen atoms in total. The van der Waals surface area contributed by atoms with Crippen molar-refractivity contribution in [2.75, 3.05) is 5.32 Å². The largest absolute Gasteiger partial charge is 0.339 e. The van der Waals surface area contributed by atoms with E-state index in [4.69, 9.17) is 22.5 Å². The Bertz CT molecular complexity index is 423. The molecule has 0 aliphatic heterocycles. The second-order valence-corrected chi connectivity index (χ2v) is 5.55. The molecule has 0 amide bonds. The fourth-order valence-corrected chi connectivity index (χ4v) is 2.26. The summed E-state index contributed by atoms with van der Waals surface area (Å²) in [5.74, 6) is 3.05. The third-order valence-electron chi connectivity index (χ3n) is 3.31. The van der Waals surface area contributed by atoms with Crippen LogP contribution in [0.1, 0.15) is 64.5 Å². The molecule has 0 spiro atoms. The molecule has 1 atom stereocenters. The van der Waals surface area contributed by atoms with Crippen molar-refractivity contribution in [3.05, 3.63) is 10.7 Å². The van der Waals surface area contributed by atoms with Crippen LogP contribution < -0.4 is 5.32 Å². The molecular formula is C16H25ClN2O. The van der Waals surface area contributed by atoms with Crippen LogP contribution in [-0.4, -0.2) is 11.2 Å². The average molecular weight is 297 g/mol. The first-order chi connectivity index (χ1) is 9.69. The van der Waals surface area contributed by atoms with Crippen molar-refractivity contribution in [3.63, 3.8) is 0 Å². The van der Waals surface area contributed by atoms with Crippen LogP contribution in [-0.2, 0) is 6.42 Å². The molecule has 1 heterocycles. The van der Waals surface area contributed by atoms with Gasteiger partial charge in [0.15, 0.2) is 0 Å². The van der Waals surface area contributed by atoms with Crippen LogP contribution in [0.3, 0.4) is 0 Å². The lowest BCUT2D eigenvalue weighted by Gasteiger charge is -2.04. The number of aromatic nitrogens is 1. The number of aryl methyl sites for hydroxylation is 1. The molecule has 1 aromatic heterocycles. The zero-order chi connectivity index (χ0) is 14.8. The van der Waals surface area contributed by atoms with E-state index in [9.17, 15) is 0 Å². The van der Waals surface area contributed by atoms with Gasteiger partial charge in [0.25, 0.3) is 0 Å². The van der Waals surface area contributed by atoms with Gasteiger partial charge in [-0.15, -0.1) is 6.42 Å². The van der Waals surface area contributed by atoms with Gasteiger partial charge in [0.05, 0.1) is 6.04 Å². The van der Waals surface area contributed by atoms with Crippen LogP contribution in [0.2, 0.25) is 5.02 Å². The first-order valence-corrected chi connectivity index (χ1v) is 7.93. The smallest absolute Gasteiger partial charge is 0.244 e. The summed E-state index contributed by atoms with van der Waals surface area (Å²) in [6.07, 6.45) is 15.1. The monoisotopic (exact) mass is 296 g/mol. The van der Waals surface area contributed by atoms with Gasteiger partial charge in [0.1, 0.15) is 10.7 Å². The lowest BCUT2D eigenvalue weighted by molar-refractivity contribution is 0.420. The third-order valence-corrected chi connectivity index (χ3v) is 3.70. The van der Waals surface area contributed by atoms with E-state index in [-0.39, 0.29) is 6.04 Å². The first kappa shape index (κ1) is 16.9. The molecule has 0 saturated heterocycles. The number of halogens is 1. The van der Waals surface area contributed by atoms with Crippen molar-refractivity contribution in [2.45, 2.75) is 71.3 Å². The Labute approximate surface area is 127 Å². The lowest BCUT2D eigenvalue weighted by atomic mass is 10.1. The number of unbranched alkanes of at least 4 members (excludes halogenated alkanes) is 6. The van der Waals surface area contributed by atoms with Crippen LogP contribution in [0, 0.1) is 12.3 Å². The summed E-state index contributed by atoms with van der Waals surface area (Å²) in [6, 6.07) is -0.119. The predicted molar refractivity (Wildman–Crippen MR) is 85.1 cm³/mol. The highest BCUT2D eigenvalue weighted by atomic mass is 35.5. The molecule has 0 bridgehead atoms. The lowest BCUT2D eigenvalue weighted by Crippen LogP contribution is -2.11. The van der Waals surface area contributed by atoms with E-state index in [1.807, 2.05) is 6.92 Å². The number of anilines is 1. The minimum Gasteiger partial charge on any atom is -0.339 e. The Balaban J connectivity index is 2.26. The minimum atomic E-state index is -0.119. The second kappa shape index (κ2) is 9.72. The van der Waals surface area contributed by atoms with Gasteiger partial charge in [0.2, 0.25) is 5.88 Å². The SMILES string of the molecule is C#CC(C)Nc1onc(CCCCCCCCC)c1Cl. The Kier molecular flexibility index (Phi) is 8.22. The molecule has 1 N–H and O–H groups in total. The summed E-state index contributed by atoms with van der Waals surface area (Å²) < 4.78 is 5.19. The van der Waals surface area contributed by atoms with E-state index in [1.54, 1.807) is 0 Å². The van der Waals surface area contributed by atoms with Crippen LogP contribution in [0.5, 0.6) is 0 Å². The Morgan fingerprint density at radius 2 is 1.90 bits per heavy atom. The average Bonchev–Trinajstić information content (AvgIpc) is 2.79. The number of nitrogens with zero attached hydrogens (tertiary/aromatic N) is 1. The summed E-state index contributed by atoms with van der Waals surface area (Å²) in [7, 11) is 0. The van der Waals surface area contributed by atoms with Crippen molar-refractivity contribution in [2.24, 2.45) is 0 Å². The summed E-state index contributed by atoms with van der Waals surface area (Å²) in [5.41, 5.74) is 0.826. The normalized spacial score (nSPS) is 12.1. The van der Waals surface area contributed by atoms with Crippen molar-refractivity contribution < 1.29 is 4.52 Å². The maximum absolute atomic E-state index is 6.22. The summed E-state index contributed by atoms with van der Waals surface area (Å²) >= 11 is 6.22. The predicted octanol–water partition coefficient (Wildman–Crippen LogP) is 5.05. The van der Waals surface area contributed by atoms with Gasteiger partial charge in [-0.1, -0.05) is 68.1 Å². The van der Waals surface area contributed by atoms with E-state index in [0.29, 0.717) is 10.9 Å². The van der Waals surface area contributed by atoms with Gasteiger partial charge in [-0.3, -0.25) is 0 Å². The van der Waals surface area contributed by atoms with Crippen molar-refractivity contribution in [1.29, 1.82) is 0 Å². The molecule has 0 fully saturated rings. The van der Waals surface area contributed by atoms with E-state index in [1.165, 1.54) is 38.5 Å². The van der Waals surface area contributed by atoms with E-state index in [0.717, 1.165) is 18.5 Å². The van der Waals surface area contributed by atoms with Crippen LogP contribution >= 0.6 is 11.6 Å². The quantitative estimate of drug-likeness (QED) is 0.485. The fourth-order valence-electron chi connectivity index (χ4n) is 2.04. The van der Waals surface area contributed by atoms with Gasteiger partial charge in [-0.2, -0.15) is 0 Å². The van der Waals surface area contributed by atoms with Gasteiger partial charge >= 0.3 is 0 Å². The molecule has 20 heavy (non-hydrogen) atoms. The highest BCUT2D eigenvalue weighted by Gasteiger charge is 2.14. The highest BCUT2D eigenvalue weighted by Crippen LogP contribution is 2.27. The summed E-state index contributed by atoms with van der Waals surface area (Å²) in [4.78, 5) is 0. The number of nitrogens with one attached hydrogen (secondary N) is 1. The Morgan fingerprint density at radius 3 is 2.55 bits per heavy atom. The molecule has 4 heteroatoms. The van der Waals surface area contributed by atoms with Gasteiger partial charge in [0, 0.05) is 0 Å². The summed E-state index contributed by atoms with van der Waals surface area (Å²) in [6.45, 7) is 4.11. The second-order valence-electron chi connectivity index (χ2n) is 5.18. The molecule has 0 aliphatic rings. The van der Waals surface area contributed by atoms with Crippen LogP contribution in [0.15, 0.2) is 4.52 Å². The van der Waals surface area contributed by atoms with E-state index >= 15 is 0 Å². The number of rotatable bonds is 10. The molecule has 1 rings (SSSR count). The Hall–Kier alpha value is -1.14. The molecule has 1 unspecified atom stereocenters. The van der Waals surface area contributed by atoms with Crippen molar-refractivity contribution in [3.8, 4) is 12.3 Å². The zero-order valence-corrected chi connectivity index (χ0v) is 13.3. The van der Waals surface area contributed by atoms with Gasteiger partial charge in [-0.05, 0) is 19.8 Å². The highest BCUT2D eigenvalue weighted by molar-refractivity contribution is 6.33. The number of hydrogen-bond acceptors (Lipinski definition) is 3. The van der Waals surface area contributed by atoms with Gasteiger partial charge < -0.3 is 9.84 Å². The maximum atomic E-state index is 6.22. The standard InChI is InChI=1S/C16H25ClN2O/c1-4-6-7-8-9-10-11-12-14-15(17)16(20-19-14)18-13(3)5-2/h2,13,18H,4,6-12H2,1,3H3. The van der Waals surface area contributed by atoms with E-state index < -0.39 is 0 Å². The molecule has 112 valence electrons. The number of hydrogen-bond donors (Lipinski definition) is 1. The fraction of sp³-hybridized carbons (Fsp3) is 0.688. The topological polar surface area (TPSA) is 38.1 Å². The van der Waals surface area contributed by atoms with Crippen molar-refractivity contribution >= 4 is 17.5 Å². The van der Waals surface area contributed by atoms with Gasteiger partial charge in [-0.25, -0.2) is 0 Å². The summed E-state index contributed by atoms with van der Waals surface area (Å²) in [5, 5.41) is 7.59.